The summed E-state index contributed by atoms with van der Waals surface area (Å²) in [6.07, 6.45) is -0.658. The third-order valence-electron chi connectivity index (χ3n) is 10.8. The van der Waals surface area contributed by atoms with Crippen molar-refractivity contribution in [2.45, 2.75) is 69.3 Å². The number of carbonyl (C=O) groups excluding carboxylic acids is 4. The number of phosphoric ester groups is 1. The molecule has 5 rings (SSSR count). The van der Waals surface area contributed by atoms with Crippen LogP contribution in [0.4, 0.5) is 5.95 Å². The fourth-order valence-corrected chi connectivity index (χ4v) is 12.2. The third-order valence-corrected chi connectivity index (χ3v) is 16.7. The van der Waals surface area contributed by atoms with Gasteiger partial charge in [-0.05, 0) is 60.9 Å². The Kier molecular flexibility index (Phi) is 24.6. The summed E-state index contributed by atoms with van der Waals surface area (Å²) >= 11 is 0. The summed E-state index contributed by atoms with van der Waals surface area (Å²) in [4.78, 5) is 113. The van der Waals surface area contributed by atoms with E-state index in [4.69, 9.17) is 59.7 Å². The molecule has 0 spiro atoms. The lowest BCUT2D eigenvalue weighted by atomic mass is 10.0. The molecule has 0 radical (unpaired) electrons. The maximum atomic E-state index is 13.7. The number of rotatable bonds is 30. The molecule has 1 amide bonds. The number of hydrogen-bond acceptors (Lipinski definition) is 23. The molecule has 430 valence electrons. The van der Waals surface area contributed by atoms with E-state index < -0.39 is 83.9 Å². The Morgan fingerprint density at radius 2 is 1.75 bits per heavy atom. The molecule has 1 saturated heterocycles. The molecule has 4 aromatic rings. The molecule has 2 aromatic carbocycles. The van der Waals surface area contributed by atoms with Gasteiger partial charge in [-0.1, -0.05) is 69.7 Å². The number of fused-ring (bicyclic) bond motifs is 1. The van der Waals surface area contributed by atoms with Gasteiger partial charge in [-0.15, -0.1) is 0 Å². The molecular formula is C44H56N9O21P3S2. The van der Waals surface area contributed by atoms with Crippen molar-refractivity contribution in [3.8, 4) is 17.6 Å². The highest BCUT2D eigenvalue weighted by Gasteiger charge is 2.45. The first-order chi connectivity index (χ1) is 37.4. The van der Waals surface area contributed by atoms with E-state index in [9.17, 15) is 47.5 Å². The Bertz CT molecular complexity index is 3150. The van der Waals surface area contributed by atoms with Crippen LogP contribution in [-0.2, 0) is 60.1 Å². The number of H-pyrrole nitrogens is 1. The van der Waals surface area contributed by atoms with Crippen molar-refractivity contribution in [3.05, 3.63) is 97.3 Å². The number of nitrogens with one attached hydrogen (secondary N) is 2. The zero-order chi connectivity index (χ0) is 57.9. The van der Waals surface area contributed by atoms with E-state index in [0.29, 0.717) is 31.6 Å². The van der Waals surface area contributed by atoms with Gasteiger partial charge in [-0.2, -0.15) is 13.6 Å². The molecule has 5 unspecified atom stereocenters. The predicted octanol–water partition coefficient (Wildman–Crippen LogP) is 5.00. The van der Waals surface area contributed by atoms with Crippen LogP contribution in [0.15, 0.2) is 58.6 Å². The Morgan fingerprint density at radius 1 is 1.00 bits per heavy atom. The van der Waals surface area contributed by atoms with Crippen molar-refractivity contribution in [2.24, 2.45) is 10.8 Å². The Balaban J connectivity index is 1.24. The number of aromatic nitrogens is 3. The number of hydrogen-bond donors (Lipinski definition) is 8. The number of unbranched alkanes of at least 4 members (excludes halogenated alkanes) is 1. The number of azide groups is 1. The van der Waals surface area contributed by atoms with Crippen molar-refractivity contribution in [2.75, 3.05) is 64.7 Å². The first-order valence-electron chi connectivity index (χ1n) is 23.4. The summed E-state index contributed by atoms with van der Waals surface area (Å²) in [6.45, 7) is 2.91. The van der Waals surface area contributed by atoms with E-state index in [2.05, 4.69) is 45.8 Å². The summed E-state index contributed by atoms with van der Waals surface area (Å²) in [5.41, 5.74) is 20.6. The molecule has 35 heteroatoms. The van der Waals surface area contributed by atoms with E-state index in [1.54, 1.807) is 18.2 Å². The lowest BCUT2D eigenvalue weighted by molar-refractivity contribution is -0.140. The number of nitrogen functional groups attached to an aromatic ring is 1. The van der Waals surface area contributed by atoms with Crippen molar-refractivity contribution in [1.29, 1.82) is 0 Å². The highest BCUT2D eigenvalue weighted by Crippen LogP contribution is 2.66. The molecule has 0 saturated carbocycles. The lowest BCUT2D eigenvalue weighted by Gasteiger charge is -2.21. The molecule has 79 heavy (non-hydrogen) atoms. The first kappa shape index (κ1) is 64.2. The molecule has 7 atom stereocenters. The van der Waals surface area contributed by atoms with Crippen LogP contribution in [0.1, 0.15) is 94.5 Å². The van der Waals surface area contributed by atoms with Gasteiger partial charge in [0.15, 0.2) is 5.65 Å². The zero-order valence-corrected chi connectivity index (χ0v) is 46.6. The van der Waals surface area contributed by atoms with Crippen molar-refractivity contribution in [1.82, 2.24) is 19.9 Å². The monoisotopic (exact) mass is 1200 g/mol. The van der Waals surface area contributed by atoms with Gasteiger partial charge in [0.25, 0.3) is 5.56 Å². The SMILES string of the molecule is CSSC(C)c1ccc(OC(=O)COCCOCCN)cc1C(=O)OCCCCC(=O)NCC#Cc1cn([C@H]2CC(OC(=O)c3ccccc3C(C)N=[N+]=[N-])[C@@H](COP(=O)(O)OP(=O)(O)OP(=O)(O)O)O2)c2nc(N)[nH]c(=O)c12. The number of phosphoric acid groups is 3. The van der Waals surface area contributed by atoms with Crippen LogP contribution in [0.25, 0.3) is 21.5 Å². The number of esters is 3. The number of ether oxygens (including phenoxy) is 6. The normalized spacial score (nSPS) is 17.5. The van der Waals surface area contributed by atoms with Crippen LogP contribution in [0, 0.1) is 11.8 Å². The Morgan fingerprint density at radius 3 is 2.47 bits per heavy atom. The Labute approximate surface area is 457 Å². The van der Waals surface area contributed by atoms with Crippen molar-refractivity contribution < 1.29 is 94.0 Å². The smallest absolute Gasteiger partial charge is 0.462 e. The maximum absolute atomic E-state index is 13.7. The van der Waals surface area contributed by atoms with Crippen LogP contribution in [0.2, 0.25) is 0 Å². The van der Waals surface area contributed by atoms with E-state index in [-0.39, 0.29) is 96.0 Å². The second kappa shape index (κ2) is 30.3. The minimum absolute atomic E-state index is 0.0209. The largest absolute Gasteiger partial charge is 0.490 e. The molecular weight excluding hydrogens is 1150 g/mol. The molecule has 0 bridgehead atoms. The second-order valence-corrected chi connectivity index (χ2v) is 23.7. The van der Waals surface area contributed by atoms with E-state index in [0.717, 1.165) is 0 Å². The minimum atomic E-state index is -5.93. The molecule has 1 fully saturated rings. The van der Waals surface area contributed by atoms with Crippen LogP contribution in [-0.4, -0.2) is 129 Å². The van der Waals surface area contributed by atoms with E-state index in [1.165, 1.54) is 63.5 Å². The second-order valence-electron chi connectivity index (χ2n) is 16.5. The number of benzene rings is 2. The fraction of sp³-hybridized carbons (Fsp3) is 0.455. The number of amides is 1. The number of nitrogens with zero attached hydrogens (tertiary/aromatic N) is 5. The summed E-state index contributed by atoms with van der Waals surface area (Å²) in [5.74, 6) is 2.60. The lowest BCUT2D eigenvalue weighted by Crippen LogP contribution is -2.31. The quantitative estimate of drug-likeness (QED) is 0.00392. The third kappa shape index (κ3) is 20.1. The highest BCUT2D eigenvalue weighted by atomic mass is 33.1. The summed E-state index contributed by atoms with van der Waals surface area (Å²) in [5, 5.41) is 6.04. The highest BCUT2D eigenvalue weighted by molar-refractivity contribution is 8.76. The van der Waals surface area contributed by atoms with Gasteiger partial charge in [-0.3, -0.25) is 19.1 Å². The summed E-state index contributed by atoms with van der Waals surface area (Å²) in [7, 11) is -14.3. The van der Waals surface area contributed by atoms with Gasteiger partial charge in [-0.25, -0.2) is 28.1 Å². The molecule has 2 aromatic heterocycles. The topological polar surface area (TPSA) is 447 Å². The van der Waals surface area contributed by atoms with Gasteiger partial charge in [0, 0.05) is 35.7 Å². The molecule has 1 aliphatic rings. The van der Waals surface area contributed by atoms with Crippen LogP contribution in [0.3, 0.4) is 0 Å². The fourth-order valence-electron chi connectivity index (χ4n) is 7.44. The molecule has 30 nitrogen and oxygen atoms in total. The number of nitrogens with two attached hydrogens (primary N) is 2. The van der Waals surface area contributed by atoms with Crippen molar-refractivity contribution in [3.63, 3.8) is 0 Å². The van der Waals surface area contributed by atoms with E-state index in [1.807, 2.05) is 13.2 Å². The molecule has 0 aliphatic carbocycles. The first-order valence-corrected chi connectivity index (χ1v) is 30.6. The molecule has 3 heterocycles. The number of carbonyl (C=O) groups is 4. The molecule has 10 N–H and O–H groups in total. The molecule has 1 aliphatic heterocycles. The van der Waals surface area contributed by atoms with E-state index >= 15 is 0 Å². The number of aromatic amines is 1. The maximum Gasteiger partial charge on any atom is 0.490 e. The predicted molar refractivity (Wildman–Crippen MR) is 283 cm³/mol. The standard InChI is InChI=1S/C44H56N9O21P3S2/c1-26(51-52-47)30-10-4-5-11-32(30)43(58)72-34-22-37(71-35(34)24-69-76(62,63)74-77(64,65)73-75(59,60)61)53-23-28(39-40(53)49-44(46)50-41(39)56)9-8-16-48-36(54)12-6-7-17-68-42(57)33-21-29(13-14-31(33)27(2)79-78-3)70-38(55)25-67-20-19-66-18-15-45/h4-5,10-11,13-14,21,23,26-27,34-35,37H,6-7,12,15-20,22,24-25,45H2,1-3H3,(H,48,54)(H,62,63)(H,64,65)(H2,59,60,61)(H3,46,49,50,56)/t26?,27?,34?,35-,37-/m1/s1. The Hall–Kier alpha value is -5.64. The average molecular weight is 1200 g/mol. The van der Waals surface area contributed by atoms with Gasteiger partial charge in [0.2, 0.25) is 11.9 Å². The zero-order valence-electron chi connectivity index (χ0n) is 42.3. The minimum Gasteiger partial charge on any atom is -0.462 e. The average Bonchev–Trinajstić information content (AvgIpc) is 4.05. The van der Waals surface area contributed by atoms with Crippen molar-refractivity contribution >= 4 is 85.9 Å². The van der Waals surface area contributed by atoms with Crippen LogP contribution < -0.4 is 27.1 Å². The van der Waals surface area contributed by atoms with Crippen LogP contribution >= 0.6 is 45.1 Å². The summed E-state index contributed by atoms with van der Waals surface area (Å²) < 4.78 is 82.9. The van der Waals surface area contributed by atoms with Gasteiger partial charge < -0.3 is 69.3 Å². The van der Waals surface area contributed by atoms with Crippen LogP contribution in [0.5, 0.6) is 5.75 Å². The van der Waals surface area contributed by atoms with Gasteiger partial charge in [0.1, 0.15) is 30.8 Å². The summed E-state index contributed by atoms with van der Waals surface area (Å²) in [6, 6.07) is 9.78. The number of anilines is 1. The van der Waals surface area contributed by atoms with Gasteiger partial charge in [0.05, 0.1) is 67.7 Å². The van der Waals surface area contributed by atoms with Gasteiger partial charge >= 0.3 is 41.4 Å².